The Morgan fingerprint density at radius 3 is 2.44 bits per heavy atom. The van der Waals surface area contributed by atoms with Crippen molar-refractivity contribution in [2.24, 2.45) is 0 Å². The van der Waals surface area contributed by atoms with Crippen LogP contribution in [0.2, 0.25) is 0 Å². The molecule has 2 rings (SSSR count). The summed E-state index contributed by atoms with van der Waals surface area (Å²) in [6, 6.07) is 12.0. The monoisotopic (exact) mass is 216 g/mol. The van der Waals surface area contributed by atoms with Crippen molar-refractivity contribution in [1.29, 1.82) is 0 Å². The van der Waals surface area contributed by atoms with Crippen molar-refractivity contribution in [3.63, 3.8) is 0 Å². The van der Waals surface area contributed by atoms with Gasteiger partial charge in [-0.2, -0.15) is 5.10 Å². The van der Waals surface area contributed by atoms with E-state index in [0.29, 0.717) is 5.69 Å². The number of benzene rings is 1. The van der Waals surface area contributed by atoms with Crippen molar-refractivity contribution in [3.05, 3.63) is 53.9 Å². The number of aromatic nitrogens is 2. The Hall–Kier alpha value is -1.61. The molecule has 0 fully saturated rings. The Kier molecular flexibility index (Phi) is 2.79. The first-order chi connectivity index (χ1) is 7.55. The van der Waals surface area contributed by atoms with Crippen molar-refractivity contribution < 1.29 is 5.11 Å². The predicted octanol–water partition coefficient (Wildman–Crippen LogP) is 2.16. The van der Waals surface area contributed by atoms with E-state index in [4.69, 9.17) is 0 Å². The molecule has 3 nitrogen and oxygen atoms in total. The second-order valence-corrected chi connectivity index (χ2v) is 4.44. The van der Waals surface area contributed by atoms with Crippen LogP contribution in [0.25, 0.3) is 0 Å². The molecule has 3 heteroatoms. The minimum absolute atomic E-state index is 0.698. The maximum atomic E-state index is 9.79. The van der Waals surface area contributed by atoms with Crippen molar-refractivity contribution in [1.82, 2.24) is 9.78 Å². The minimum atomic E-state index is -0.873. The number of aliphatic hydroxyl groups is 1. The second-order valence-electron chi connectivity index (χ2n) is 4.44. The second kappa shape index (κ2) is 4.10. The highest BCUT2D eigenvalue weighted by molar-refractivity contribution is 5.15. The maximum Gasteiger partial charge on any atom is 0.103 e. The van der Waals surface area contributed by atoms with E-state index >= 15 is 0 Å². The van der Waals surface area contributed by atoms with Crippen LogP contribution >= 0.6 is 0 Å². The molecule has 2 aromatic rings. The van der Waals surface area contributed by atoms with Gasteiger partial charge in [0.15, 0.2) is 0 Å². The molecule has 1 heterocycles. The molecule has 0 saturated carbocycles. The summed E-state index contributed by atoms with van der Waals surface area (Å²) in [5.74, 6) is 0. The summed E-state index contributed by atoms with van der Waals surface area (Å²) in [6.07, 6.45) is 1.89. The molecule has 0 spiro atoms. The van der Waals surface area contributed by atoms with Crippen LogP contribution in [0, 0.1) is 0 Å². The largest absolute Gasteiger partial charge is 0.384 e. The van der Waals surface area contributed by atoms with Crippen molar-refractivity contribution in [3.8, 4) is 0 Å². The van der Waals surface area contributed by atoms with Crippen LogP contribution in [-0.4, -0.2) is 14.9 Å². The highest BCUT2D eigenvalue weighted by atomic mass is 16.3. The van der Waals surface area contributed by atoms with Gasteiger partial charge < -0.3 is 5.11 Å². The topological polar surface area (TPSA) is 38.0 Å². The fraction of sp³-hybridized carbons (Fsp3) is 0.308. The summed E-state index contributed by atoms with van der Waals surface area (Å²) in [5, 5.41) is 14.1. The summed E-state index contributed by atoms with van der Waals surface area (Å²) in [5.41, 5.74) is 1.03. The zero-order valence-electron chi connectivity index (χ0n) is 9.59. The van der Waals surface area contributed by atoms with Gasteiger partial charge in [0.2, 0.25) is 0 Å². The lowest BCUT2D eigenvalue weighted by molar-refractivity contribution is 0.0731. The lowest BCUT2D eigenvalue weighted by atomic mass is 10.1. The van der Waals surface area contributed by atoms with Crippen LogP contribution in [0.15, 0.2) is 42.6 Å². The molecule has 1 aromatic heterocycles. The average molecular weight is 216 g/mol. The van der Waals surface area contributed by atoms with E-state index in [1.807, 2.05) is 35.1 Å². The summed E-state index contributed by atoms with van der Waals surface area (Å²) in [7, 11) is 0. The van der Waals surface area contributed by atoms with Crippen molar-refractivity contribution in [2.45, 2.75) is 26.0 Å². The van der Waals surface area contributed by atoms with Gasteiger partial charge in [0.05, 0.1) is 12.2 Å². The molecule has 0 unspecified atom stereocenters. The molecule has 0 saturated heterocycles. The van der Waals surface area contributed by atoms with Crippen molar-refractivity contribution >= 4 is 0 Å². The van der Waals surface area contributed by atoms with E-state index in [2.05, 4.69) is 17.2 Å². The van der Waals surface area contributed by atoms with Gasteiger partial charge in [-0.1, -0.05) is 30.3 Å². The highest BCUT2D eigenvalue weighted by Gasteiger charge is 2.18. The average Bonchev–Trinajstić information content (AvgIpc) is 2.67. The molecule has 1 N–H and O–H groups in total. The van der Waals surface area contributed by atoms with Gasteiger partial charge in [-0.15, -0.1) is 0 Å². The first kappa shape index (κ1) is 10.9. The third-order valence-corrected chi connectivity index (χ3v) is 2.45. The normalized spacial score (nSPS) is 11.7. The van der Waals surface area contributed by atoms with Gasteiger partial charge in [-0.05, 0) is 25.5 Å². The van der Waals surface area contributed by atoms with Crippen LogP contribution in [0.4, 0.5) is 0 Å². The van der Waals surface area contributed by atoms with Gasteiger partial charge >= 0.3 is 0 Å². The third-order valence-electron chi connectivity index (χ3n) is 2.45. The zero-order valence-corrected chi connectivity index (χ0v) is 9.59. The van der Waals surface area contributed by atoms with Crippen LogP contribution < -0.4 is 0 Å². The summed E-state index contributed by atoms with van der Waals surface area (Å²) >= 11 is 0. The molecule has 0 aliphatic rings. The van der Waals surface area contributed by atoms with Gasteiger partial charge in [-0.3, -0.25) is 4.68 Å². The number of hydrogen-bond donors (Lipinski definition) is 1. The smallest absolute Gasteiger partial charge is 0.103 e. The van der Waals surface area contributed by atoms with E-state index < -0.39 is 5.60 Å². The Morgan fingerprint density at radius 1 is 1.19 bits per heavy atom. The van der Waals surface area contributed by atoms with Crippen LogP contribution in [0.3, 0.4) is 0 Å². The van der Waals surface area contributed by atoms with E-state index in [1.165, 1.54) is 5.56 Å². The predicted molar refractivity (Wildman–Crippen MR) is 63.0 cm³/mol. The molecule has 0 bridgehead atoms. The maximum absolute atomic E-state index is 9.79. The Morgan fingerprint density at radius 2 is 1.88 bits per heavy atom. The molecule has 0 aliphatic heterocycles. The standard InChI is InChI=1S/C13H16N2O/c1-13(2,16)12-8-9-15(14-12)10-11-6-4-3-5-7-11/h3-9,16H,10H2,1-2H3. The molecular weight excluding hydrogens is 200 g/mol. The molecule has 0 atom stereocenters. The Bertz CT molecular complexity index is 454. The van der Waals surface area contributed by atoms with E-state index in [0.717, 1.165) is 6.54 Å². The minimum Gasteiger partial charge on any atom is -0.384 e. The van der Waals surface area contributed by atoms with E-state index in [1.54, 1.807) is 13.8 Å². The fourth-order valence-electron chi connectivity index (χ4n) is 1.55. The highest BCUT2D eigenvalue weighted by Crippen LogP contribution is 2.16. The molecule has 16 heavy (non-hydrogen) atoms. The number of rotatable bonds is 3. The fourth-order valence-corrected chi connectivity index (χ4v) is 1.55. The third kappa shape index (κ3) is 2.49. The summed E-state index contributed by atoms with van der Waals surface area (Å²) < 4.78 is 1.84. The molecule has 0 aliphatic carbocycles. The van der Waals surface area contributed by atoms with Crippen LogP contribution in [-0.2, 0) is 12.1 Å². The Labute approximate surface area is 95.3 Å². The first-order valence-electron chi connectivity index (χ1n) is 5.36. The first-order valence-corrected chi connectivity index (χ1v) is 5.36. The lowest BCUT2D eigenvalue weighted by Gasteiger charge is -2.13. The molecule has 0 radical (unpaired) electrons. The van der Waals surface area contributed by atoms with Crippen LogP contribution in [0.1, 0.15) is 25.1 Å². The SMILES string of the molecule is CC(C)(O)c1ccn(Cc2ccccc2)n1. The summed E-state index contributed by atoms with van der Waals surface area (Å²) in [4.78, 5) is 0. The van der Waals surface area contributed by atoms with Crippen molar-refractivity contribution in [2.75, 3.05) is 0 Å². The van der Waals surface area contributed by atoms with E-state index in [-0.39, 0.29) is 0 Å². The lowest BCUT2D eigenvalue weighted by Crippen LogP contribution is -2.17. The van der Waals surface area contributed by atoms with Gasteiger partial charge in [-0.25, -0.2) is 0 Å². The van der Waals surface area contributed by atoms with Gasteiger partial charge in [0.1, 0.15) is 5.60 Å². The van der Waals surface area contributed by atoms with E-state index in [9.17, 15) is 5.11 Å². The number of hydrogen-bond acceptors (Lipinski definition) is 2. The molecular formula is C13H16N2O. The quantitative estimate of drug-likeness (QED) is 0.853. The Balaban J connectivity index is 2.15. The zero-order chi connectivity index (χ0) is 11.6. The molecule has 84 valence electrons. The number of nitrogens with zero attached hydrogens (tertiary/aromatic N) is 2. The summed E-state index contributed by atoms with van der Waals surface area (Å²) in [6.45, 7) is 4.21. The van der Waals surface area contributed by atoms with Gasteiger partial charge in [0, 0.05) is 6.20 Å². The van der Waals surface area contributed by atoms with Crippen LogP contribution in [0.5, 0.6) is 0 Å². The molecule has 1 aromatic carbocycles. The molecule has 0 amide bonds. The van der Waals surface area contributed by atoms with Gasteiger partial charge in [0.25, 0.3) is 0 Å².